The van der Waals surface area contributed by atoms with Crippen LogP contribution in [-0.4, -0.2) is 31.3 Å². The van der Waals surface area contributed by atoms with Crippen molar-refractivity contribution < 1.29 is 4.74 Å². The van der Waals surface area contributed by atoms with Gasteiger partial charge in [-0.15, -0.1) is 0 Å². The molecule has 2 heterocycles. The van der Waals surface area contributed by atoms with E-state index in [-0.39, 0.29) is 10.8 Å². The standard InChI is InChI=1S/C14H19N3O/c1-13(2,12-5-3-4-6-17-12)8-16-9-14(7-15)10-18-11-14/h3-6,16H,8-11H2,1-2H3. The first-order valence-electron chi connectivity index (χ1n) is 6.19. The Morgan fingerprint density at radius 3 is 2.78 bits per heavy atom. The molecule has 0 bridgehead atoms. The lowest BCUT2D eigenvalue weighted by Gasteiger charge is -2.36. The number of pyridine rings is 1. The van der Waals surface area contributed by atoms with Crippen LogP contribution in [0.25, 0.3) is 0 Å². The van der Waals surface area contributed by atoms with Gasteiger partial charge in [0.2, 0.25) is 0 Å². The Bertz CT molecular complexity index is 432. The molecule has 1 saturated heterocycles. The summed E-state index contributed by atoms with van der Waals surface area (Å²) in [5.41, 5.74) is 0.705. The van der Waals surface area contributed by atoms with Crippen molar-refractivity contribution in [1.82, 2.24) is 10.3 Å². The van der Waals surface area contributed by atoms with E-state index in [2.05, 4.69) is 30.2 Å². The summed E-state index contributed by atoms with van der Waals surface area (Å²) < 4.78 is 5.12. The fraction of sp³-hybridized carbons (Fsp3) is 0.571. The predicted octanol–water partition coefficient (Wildman–Crippen LogP) is 1.49. The SMILES string of the molecule is CC(C)(CNCC1(C#N)COC1)c1ccccn1. The summed E-state index contributed by atoms with van der Waals surface area (Å²) in [5, 5.41) is 12.5. The molecule has 0 aliphatic carbocycles. The van der Waals surface area contributed by atoms with Crippen molar-refractivity contribution >= 4 is 0 Å². The summed E-state index contributed by atoms with van der Waals surface area (Å²) >= 11 is 0. The zero-order valence-electron chi connectivity index (χ0n) is 10.9. The van der Waals surface area contributed by atoms with Crippen LogP contribution in [-0.2, 0) is 10.2 Å². The molecular weight excluding hydrogens is 226 g/mol. The summed E-state index contributed by atoms with van der Waals surface area (Å²) in [4.78, 5) is 4.39. The molecule has 0 radical (unpaired) electrons. The smallest absolute Gasteiger partial charge is 0.116 e. The Labute approximate surface area is 108 Å². The highest BCUT2D eigenvalue weighted by atomic mass is 16.5. The molecule has 1 aliphatic rings. The minimum Gasteiger partial charge on any atom is -0.378 e. The van der Waals surface area contributed by atoms with E-state index in [4.69, 9.17) is 10.00 Å². The van der Waals surface area contributed by atoms with E-state index in [1.807, 2.05) is 24.4 Å². The van der Waals surface area contributed by atoms with Crippen molar-refractivity contribution in [3.63, 3.8) is 0 Å². The van der Waals surface area contributed by atoms with Gasteiger partial charge in [-0.3, -0.25) is 4.98 Å². The van der Waals surface area contributed by atoms with Crippen LogP contribution in [0.15, 0.2) is 24.4 Å². The fourth-order valence-corrected chi connectivity index (χ4v) is 2.02. The van der Waals surface area contributed by atoms with Crippen LogP contribution in [0.4, 0.5) is 0 Å². The second-order valence-electron chi connectivity index (χ2n) is 5.59. The Kier molecular flexibility index (Phi) is 3.65. The van der Waals surface area contributed by atoms with E-state index in [0.29, 0.717) is 19.8 Å². The van der Waals surface area contributed by atoms with Crippen molar-refractivity contribution in [1.29, 1.82) is 5.26 Å². The van der Waals surface area contributed by atoms with Crippen molar-refractivity contribution in [3.05, 3.63) is 30.1 Å². The minimum atomic E-state index is -0.319. The Balaban J connectivity index is 1.88. The molecule has 0 saturated carbocycles. The monoisotopic (exact) mass is 245 g/mol. The van der Waals surface area contributed by atoms with Gasteiger partial charge < -0.3 is 10.1 Å². The highest BCUT2D eigenvalue weighted by Crippen LogP contribution is 2.26. The van der Waals surface area contributed by atoms with E-state index in [1.54, 1.807) is 0 Å². The molecule has 96 valence electrons. The zero-order valence-corrected chi connectivity index (χ0v) is 10.9. The summed E-state index contributed by atoms with van der Waals surface area (Å²) in [6.45, 7) is 6.87. The Morgan fingerprint density at radius 2 is 2.28 bits per heavy atom. The predicted molar refractivity (Wildman–Crippen MR) is 69.0 cm³/mol. The normalized spacial score (nSPS) is 17.8. The van der Waals surface area contributed by atoms with Gasteiger partial charge >= 0.3 is 0 Å². The summed E-state index contributed by atoms with van der Waals surface area (Å²) in [5.74, 6) is 0. The van der Waals surface area contributed by atoms with Crippen molar-refractivity contribution in [2.75, 3.05) is 26.3 Å². The Hall–Kier alpha value is -1.44. The topological polar surface area (TPSA) is 57.9 Å². The third-order valence-corrected chi connectivity index (χ3v) is 3.38. The van der Waals surface area contributed by atoms with Gasteiger partial charge in [-0.1, -0.05) is 19.9 Å². The van der Waals surface area contributed by atoms with Crippen molar-refractivity contribution in [2.45, 2.75) is 19.3 Å². The highest BCUT2D eigenvalue weighted by Gasteiger charge is 2.39. The molecule has 2 rings (SSSR count). The third kappa shape index (κ3) is 2.69. The van der Waals surface area contributed by atoms with Crippen LogP contribution < -0.4 is 5.32 Å². The number of nitriles is 1. The number of rotatable bonds is 5. The Morgan fingerprint density at radius 1 is 1.50 bits per heavy atom. The first-order valence-corrected chi connectivity index (χ1v) is 6.19. The quantitative estimate of drug-likeness (QED) is 0.854. The van der Waals surface area contributed by atoms with E-state index in [0.717, 1.165) is 12.2 Å². The van der Waals surface area contributed by atoms with Crippen molar-refractivity contribution in [2.24, 2.45) is 5.41 Å². The molecule has 1 aromatic heterocycles. The number of nitrogens with one attached hydrogen (secondary N) is 1. The van der Waals surface area contributed by atoms with Crippen LogP contribution in [0, 0.1) is 16.7 Å². The minimum absolute atomic E-state index is 0.0392. The molecule has 4 heteroatoms. The number of nitrogens with zero attached hydrogens (tertiary/aromatic N) is 2. The van der Waals surface area contributed by atoms with Crippen LogP contribution in [0.1, 0.15) is 19.5 Å². The number of ether oxygens (including phenoxy) is 1. The molecule has 1 N–H and O–H groups in total. The lowest BCUT2D eigenvalue weighted by atomic mass is 9.85. The van der Waals surface area contributed by atoms with E-state index in [1.165, 1.54) is 0 Å². The van der Waals surface area contributed by atoms with Gasteiger partial charge in [0, 0.05) is 30.4 Å². The van der Waals surface area contributed by atoms with Gasteiger partial charge in [-0.2, -0.15) is 5.26 Å². The molecule has 1 aromatic rings. The molecule has 1 aliphatic heterocycles. The van der Waals surface area contributed by atoms with Crippen molar-refractivity contribution in [3.8, 4) is 6.07 Å². The first-order chi connectivity index (χ1) is 8.58. The van der Waals surface area contributed by atoms with Crippen LogP contribution >= 0.6 is 0 Å². The van der Waals surface area contributed by atoms with Gasteiger partial charge in [0.25, 0.3) is 0 Å². The molecule has 18 heavy (non-hydrogen) atoms. The van der Waals surface area contributed by atoms with Gasteiger partial charge in [-0.05, 0) is 12.1 Å². The number of hydrogen-bond acceptors (Lipinski definition) is 4. The van der Waals surface area contributed by atoms with Crippen LogP contribution in [0.2, 0.25) is 0 Å². The zero-order chi connectivity index (χ0) is 13.1. The second-order valence-corrected chi connectivity index (χ2v) is 5.59. The average Bonchev–Trinajstić information content (AvgIpc) is 2.34. The lowest BCUT2D eigenvalue weighted by molar-refractivity contribution is -0.0757. The van der Waals surface area contributed by atoms with Crippen LogP contribution in [0.3, 0.4) is 0 Å². The summed E-state index contributed by atoms with van der Waals surface area (Å²) in [6.07, 6.45) is 1.81. The fourth-order valence-electron chi connectivity index (χ4n) is 2.02. The molecular formula is C14H19N3O. The molecule has 1 fully saturated rings. The van der Waals surface area contributed by atoms with E-state index >= 15 is 0 Å². The van der Waals surface area contributed by atoms with Gasteiger partial charge in [0.1, 0.15) is 5.41 Å². The molecule has 0 atom stereocenters. The maximum atomic E-state index is 9.10. The lowest BCUT2D eigenvalue weighted by Crippen LogP contribution is -2.50. The maximum Gasteiger partial charge on any atom is 0.116 e. The second kappa shape index (κ2) is 5.05. The first kappa shape index (κ1) is 13.0. The van der Waals surface area contributed by atoms with E-state index < -0.39 is 0 Å². The molecule has 4 nitrogen and oxygen atoms in total. The molecule has 0 spiro atoms. The summed E-state index contributed by atoms with van der Waals surface area (Å²) in [7, 11) is 0. The average molecular weight is 245 g/mol. The number of aromatic nitrogens is 1. The van der Waals surface area contributed by atoms with E-state index in [9.17, 15) is 0 Å². The molecule has 0 aromatic carbocycles. The van der Waals surface area contributed by atoms with Gasteiger partial charge in [0.05, 0.1) is 19.3 Å². The molecule has 0 unspecified atom stereocenters. The highest BCUT2D eigenvalue weighted by molar-refractivity contribution is 5.15. The summed E-state index contributed by atoms with van der Waals surface area (Å²) in [6, 6.07) is 8.29. The number of hydrogen-bond donors (Lipinski definition) is 1. The van der Waals surface area contributed by atoms with Gasteiger partial charge in [0.15, 0.2) is 0 Å². The molecule has 0 amide bonds. The van der Waals surface area contributed by atoms with Gasteiger partial charge in [-0.25, -0.2) is 0 Å². The third-order valence-electron chi connectivity index (χ3n) is 3.38. The largest absolute Gasteiger partial charge is 0.378 e. The maximum absolute atomic E-state index is 9.10. The van der Waals surface area contributed by atoms with Crippen LogP contribution in [0.5, 0.6) is 0 Å².